The van der Waals surface area contributed by atoms with Crippen molar-refractivity contribution >= 4 is 27.0 Å². The van der Waals surface area contributed by atoms with Gasteiger partial charge >= 0.3 is 24.2 Å². The Morgan fingerprint density at radius 3 is 1.77 bits per heavy atom. The van der Waals surface area contributed by atoms with Crippen molar-refractivity contribution in [3.05, 3.63) is 0 Å². The Morgan fingerprint density at radius 1 is 0.968 bits per heavy atom. The summed E-state index contributed by atoms with van der Waals surface area (Å²) in [5, 5.41) is -0.849. The smallest absolute Gasteiger partial charge is 0.409 e. The maximum absolute atomic E-state index is 12.9. The summed E-state index contributed by atoms with van der Waals surface area (Å²) in [5.41, 5.74) is -5.49. The molecule has 0 aromatic carbocycles. The second-order valence-electron chi connectivity index (χ2n) is 10.2. The average Bonchev–Trinajstić information content (AvgIpc) is 2.62. The summed E-state index contributed by atoms with van der Waals surface area (Å²) >= 11 is 0. The Hall–Kier alpha value is 0.0138. The van der Waals surface area contributed by atoms with Crippen LogP contribution in [0.2, 0.25) is 28.2 Å². The highest BCUT2D eigenvalue weighted by atomic mass is 32.2. The van der Waals surface area contributed by atoms with Crippen LogP contribution in [-0.4, -0.2) is 56.2 Å². The molecule has 0 aliphatic carbocycles. The lowest BCUT2D eigenvalue weighted by Crippen LogP contribution is -2.67. The van der Waals surface area contributed by atoms with E-state index in [4.69, 9.17) is 13.3 Å². The SMILES string of the molecule is CC[Si](CC)(CC)O[C@H]1CO[Si](C(C)(C)C)(C(C)(C)C)O[C@@H]1COS(=O)(=O)C(F)(F)F. The lowest BCUT2D eigenvalue weighted by Gasteiger charge is -2.55. The van der Waals surface area contributed by atoms with Crippen LogP contribution in [0.1, 0.15) is 62.3 Å². The van der Waals surface area contributed by atoms with Crippen molar-refractivity contribution in [2.45, 2.75) is 108 Å². The van der Waals surface area contributed by atoms with Gasteiger partial charge in [0.15, 0.2) is 8.32 Å². The normalized spacial score (nSPS) is 23.7. The van der Waals surface area contributed by atoms with Gasteiger partial charge in [0, 0.05) is 10.1 Å². The van der Waals surface area contributed by atoms with Gasteiger partial charge in [0.2, 0.25) is 0 Å². The average molecular weight is 509 g/mol. The van der Waals surface area contributed by atoms with Gasteiger partial charge in [0.1, 0.15) is 0 Å². The molecule has 0 aromatic heterocycles. The van der Waals surface area contributed by atoms with Gasteiger partial charge in [-0.15, -0.1) is 0 Å². The number of halogens is 3. The van der Waals surface area contributed by atoms with E-state index in [1.165, 1.54) is 0 Å². The van der Waals surface area contributed by atoms with Crippen molar-refractivity contribution in [1.29, 1.82) is 0 Å². The summed E-state index contributed by atoms with van der Waals surface area (Å²) in [6, 6.07) is 2.48. The molecule has 186 valence electrons. The molecule has 12 heteroatoms. The summed E-state index contributed by atoms with van der Waals surface area (Å²) in [5.74, 6) is 0. The first-order valence-corrected chi connectivity index (χ1v) is 16.5. The third-order valence-electron chi connectivity index (χ3n) is 6.16. The fraction of sp³-hybridized carbons (Fsp3) is 1.00. The maximum Gasteiger partial charge on any atom is 0.523 e. The molecule has 0 unspecified atom stereocenters. The summed E-state index contributed by atoms with van der Waals surface area (Å²) in [6.45, 7) is 17.3. The van der Waals surface area contributed by atoms with E-state index in [-0.39, 0.29) is 6.61 Å². The van der Waals surface area contributed by atoms with E-state index in [2.05, 4.69) is 4.18 Å². The van der Waals surface area contributed by atoms with E-state index in [0.29, 0.717) is 0 Å². The number of hydrogen-bond donors (Lipinski definition) is 0. The van der Waals surface area contributed by atoms with Crippen molar-refractivity contribution in [2.24, 2.45) is 0 Å². The van der Waals surface area contributed by atoms with Crippen LogP contribution in [0.25, 0.3) is 0 Å². The second kappa shape index (κ2) is 9.71. The molecule has 0 bridgehead atoms. The zero-order valence-corrected chi connectivity index (χ0v) is 23.0. The highest BCUT2D eigenvalue weighted by Gasteiger charge is 2.62. The summed E-state index contributed by atoms with van der Waals surface area (Å²) in [6.07, 6.45) is -1.67. The Balaban J connectivity index is 3.35. The van der Waals surface area contributed by atoms with Gasteiger partial charge in [-0.05, 0) is 18.1 Å². The fourth-order valence-corrected chi connectivity index (χ4v) is 12.6. The molecule has 0 radical (unpaired) electrons. The van der Waals surface area contributed by atoms with Crippen LogP contribution < -0.4 is 0 Å². The predicted octanol–water partition coefficient (Wildman–Crippen LogP) is 5.70. The quantitative estimate of drug-likeness (QED) is 0.238. The van der Waals surface area contributed by atoms with Crippen molar-refractivity contribution in [3.63, 3.8) is 0 Å². The van der Waals surface area contributed by atoms with Gasteiger partial charge in [-0.2, -0.15) is 21.6 Å². The first kappa shape index (κ1) is 29.0. The molecule has 0 saturated carbocycles. The first-order chi connectivity index (χ1) is 13.8. The molecule has 1 saturated heterocycles. The van der Waals surface area contributed by atoms with Gasteiger partial charge < -0.3 is 13.3 Å². The lowest BCUT2D eigenvalue weighted by atomic mass is 10.2. The van der Waals surface area contributed by atoms with Gasteiger partial charge in [0.25, 0.3) is 0 Å². The minimum atomic E-state index is -5.74. The molecule has 6 nitrogen and oxygen atoms in total. The van der Waals surface area contributed by atoms with Crippen molar-refractivity contribution < 1.29 is 39.1 Å². The van der Waals surface area contributed by atoms with E-state index in [1.54, 1.807) is 0 Å². The largest absolute Gasteiger partial charge is 0.523 e. The van der Waals surface area contributed by atoms with E-state index >= 15 is 0 Å². The van der Waals surface area contributed by atoms with Gasteiger partial charge in [-0.25, -0.2) is 0 Å². The van der Waals surface area contributed by atoms with Crippen molar-refractivity contribution in [3.8, 4) is 0 Å². The van der Waals surface area contributed by atoms with E-state index in [1.807, 2.05) is 62.3 Å². The topological polar surface area (TPSA) is 71.1 Å². The predicted molar refractivity (Wildman–Crippen MR) is 119 cm³/mol. The Morgan fingerprint density at radius 2 is 1.42 bits per heavy atom. The standard InChI is InChI=1S/C19H39F3O6SSi2/c1-10-30(11-2,12-3)27-16-14-26-31(17(4,5)6,18(7,8)9)28-15(16)13-25-29(23,24)19(20,21)22/h15-16H,10-14H2,1-9H3/t15-,16+/m1/s1. The zero-order valence-electron chi connectivity index (χ0n) is 20.2. The molecule has 31 heavy (non-hydrogen) atoms. The van der Waals surface area contributed by atoms with Crippen LogP contribution in [0, 0.1) is 0 Å². The molecule has 0 spiro atoms. The Kier molecular flexibility index (Phi) is 9.10. The fourth-order valence-electron chi connectivity index (χ4n) is 4.34. The minimum absolute atomic E-state index is 0.135. The lowest BCUT2D eigenvalue weighted by molar-refractivity contribution is -0.0885. The summed E-state index contributed by atoms with van der Waals surface area (Å²) < 4.78 is 85.4. The zero-order chi connectivity index (χ0) is 24.5. The number of hydrogen-bond acceptors (Lipinski definition) is 6. The number of alkyl halides is 3. The van der Waals surface area contributed by atoms with Crippen LogP contribution in [0.3, 0.4) is 0 Å². The van der Waals surface area contributed by atoms with Gasteiger partial charge in [-0.3, -0.25) is 4.18 Å². The third kappa shape index (κ3) is 6.12. The van der Waals surface area contributed by atoms with E-state index < -0.39 is 61.4 Å². The molecule has 0 aromatic rings. The summed E-state index contributed by atoms with van der Waals surface area (Å²) in [4.78, 5) is 0. The minimum Gasteiger partial charge on any atom is -0.409 e. The Labute approximate surface area is 187 Å². The Bertz CT molecular complexity index is 675. The highest BCUT2D eigenvalue weighted by molar-refractivity contribution is 7.87. The molecule has 2 atom stereocenters. The molecule has 1 aliphatic heterocycles. The van der Waals surface area contributed by atoms with Gasteiger partial charge in [0.05, 0.1) is 25.4 Å². The first-order valence-electron chi connectivity index (χ1n) is 10.8. The number of rotatable bonds is 8. The van der Waals surface area contributed by atoms with Crippen molar-refractivity contribution in [1.82, 2.24) is 0 Å². The molecular weight excluding hydrogens is 469 g/mol. The van der Waals surface area contributed by atoms with Crippen LogP contribution in [0.4, 0.5) is 13.2 Å². The molecule has 1 fully saturated rings. The highest BCUT2D eigenvalue weighted by Crippen LogP contribution is 2.54. The monoisotopic (exact) mass is 508 g/mol. The molecule has 0 N–H and O–H groups in total. The van der Waals surface area contributed by atoms with Crippen LogP contribution in [0.15, 0.2) is 0 Å². The summed E-state index contributed by atoms with van der Waals surface area (Å²) in [7, 11) is -11.0. The van der Waals surface area contributed by atoms with Crippen LogP contribution >= 0.6 is 0 Å². The van der Waals surface area contributed by atoms with Crippen LogP contribution in [-0.2, 0) is 27.6 Å². The van der Waals surface area contributed by atoms with E-state index in [0.717, 1.165) is 18.1 Å². The molecule has 1 rings (SSSR count). The van der Waals surface area contributed by atoms with Gasteiger partial charge in [-0.1, -0.05) is 62.3 Å². The third-order valence-corrected chi connectivity index (χ3v) is 17.0. The molecule has 1 heterocycles. The molecule has 1 aliphatic rings. The maximum atomic E-state index is 12.9. The second-order valence-corrected chi connectivity index (χ2v) is 21.3. The molecule has 0 amide bonds. The molecular formula is C19H39F3O6SSi2. The van der Waals surface area contributed by atoms with E-state index in [9.17, 15) is 21.6 Å². The van der Waals surface area contributed by atoms with Crippen LogP contribution in [0.5, 0.6) is 0 Å². The van der Waals surface area contributed by atoms with Crippen molar-refractivity contribution in [2.75, 3.05) is 13.2 Å².